The normalized spacial score (nSPS) is 11.1. The lowest BCUT2D eigenvalue weighted by Crippen LogP contribution is -2.25. The minimum Gasteiger partial charge on any atom is -0.488 e. The first kappa shape index (κ1) is 23.7. The zero-order valence-corrected chi connectivity index (χ0v) is 19.2. The van der Waals surface area contributed by atoms with E-state index in [9.17, 15) is 14.4 Å². The third-order valence-electron chi connectivity index (χ3n) is 5.66. The smallest absolute Gasteiger partial charge is 0.261 e. The monoisotopic (exact) mass is 464 g/mol. The molecule has 4 rings (SSSR count). The molecule has 0 aromatic heterocycles. The van der Waals surface area contributed by atoms with Crippen LogP contribution in [0.3, 0.4) is 0 Å². The highest BCUT2D eigenvalue weighted by molar-refractivity contribution is 6.05. The molecule has 4 nitrogen and oxygen atoms in total. The molecule has 174 valence electrons. The lowest BCUT2D eigenvalue weighted by atomic mass is 10.0. The molecule has 0 aliphatic carbocycles. The maximum absolute atomic E-state index is 13.2. The van der Waals surface area contributed by atoms with Crippen LogP contribution in [0.1, 0.15) is 23.1 Å². The molecule has 0 unspecified atom stereocenters. The number of aryl methyl sites for hydroxylation is 1. The van der Waals surface area contributed by atoms with E-state index in [-0.39, 0.29) is 18.0 Å². The van der Waals surface area contributed by atoms with Gasteiger partial charge in [0.25, 0.3) is 5.91 Å². The summed E-state index contributed by atoms with van der Waals surface area (Å²) in [4.78, 5) is 12.8. The molecule has 0 saturated carbocycles. The fraction of sp³-hybridized carbons (Fsp3) is 0.133. The molecule has 0 radical (unpaired) electrons. The Morgan fingerprint density at radius 3 is 2.43 bits per heavy atom. The number of hydrogen-bond acceptors (Lipinski definition) is 3. The molecule has 1 N–H and O–H groups in total. The first-order chi connectivity index (χ1) is 17.1. The van der Waals surface area contributed by atoms with Crippen LogP contribution in [0.5, 0.6) is 5.75 Å². The Balaban J connectivity index is 1.52. The maximum Gasteiger partial charge on any atom is 0.261 e. The number of rotatable bonds is 9. The molecule has 35 heavy (non-hydrogen) atoms. The van der Waals surface area contributed by atoms with Crippen molar-refractivity contribution >= 4 is 22.8 Å². The van der Waals surface area contributed by atoms with Crippen molar-refractivity contribution in [1.82, 2.24) is 5.32 Å². The van der Waals surface area contributed by atoms with Crippen LogP contribution in [-0.2, 0) is 17.8 Å². The molecule has 0 heterocycles. The van der Waals surface area contributed by atoms with E-state index in [2.05, 4.69) is 17.4 Å². The minimum atomic E-state index is -0.419. The molecule has 0 fully saturated rings. The van der Waals surface area contributed by atoms with Crippen LogP contribution >= 0.6 is 0 Å². The van der Waals surface area contributed by atoms with Gasteiger partial charge in [-0.15, -0.1) is 0 Å². The molecule has 1 amide bonds. The van der Waals surface area contributed by atoms with Crippen molar-refractivity contribution in [2.75, 3.05) is 6.54 Å². The molecule has 5 heteroatoms. The van der Waals surface area contributed by atoms with E-state index in [4.69, 9.17) is 4.74 Å². The number of amides is 1. The predicted molar refractivity (Wildman–Crippen MR) is 136 cm³/mol. The number of nitriles is 1. The summed E-state index contributed by atoms with van der Waals surface area (Å²) in [6.07, 6.45) is 3.20. The van der Waals surface area contributed by atoms with Gasteiger partial charge >= 0.3 is 0 Å². The highest BCUT2D eigenvalue weighted by Crippen LogP contribution is 2.31. The van der Waals surface area contributed by atoms with Crippen molar-refractivity contribution in [2.45, 2.75) is 19.4 Å². The van der Waals surface area contributed by atoms with Gasteiger partial charge in [0.05, 0.1) is 0 Å². The van der Waals surface area contributed by atoms with E-state index in [1.165, 1.54) is 17.7 Å². The van der Waals surface area contributed by atoms with E-state index >= 15 is 0 Å². The van der Waals surface area contributed by atoms with E-state index < -0.39 is 5.91 Å². The van der Waals surface area contributed by atoms with Crippen molar-refractivity contribution in [3.8, 4) is 11.8 Å². The first-order valence-electron chi connectivity index (χ1n) is 11.5. The van der Waals surface area contributed by atoms with Gasteiger partial charge < -0.3 is 10.1 Å². The zero-order valence-electron chi connectivity index (χ0n) is 19.2. The average molecular weight is 465 g/mol. The molecule has 0 aliphatic rings. The van der Waals surface area contributed by atoms with Crippen LogP contribution in [0.25, 0.3) is 16.8 Å². The molecular formula is C30H25FN2O2. The van der Waals surface area contributed by atoms with Crippen molar-refractivity contribution in [3.05, 3.63) is 119 Å². The topological polar surface area (TPSA) is 62.1 Å². The number of nitrogens with zero attached hydrogens (tertiary/aromatic N) is 1. The van der Waals surface area contributed by atoms with Gasteiger partial charge in [0.15, 0.2) is 0 Å². The van der Waals surface area contributed by atoms with Crippen molar-refractivity contribution < 1.29 is 13.9 Å². The Bertz CT molecular complexity index is 1370. The number of carbonyl (C=O) groups excluding carboxylic acids is 1. The van der Waals surface area contributed by atoms with E-state index in [0.717, 1.165) is 29.2 Å². The van der Waals surface area contributed by atoms with Gasteiger partial charge in [-0.3, -0.25) is 4.79 Å². The van der Waals surface area contributed by atoms with Gasteiger partial charge in [0.1, 0.15) is 29.8 Å². The van der Waals surface area contributed by atoms with Crippen LogP contribution in [-0.4, -0.2) is 12.5 Å². The number of fused-ring (bicyclic) bond motifs is 1. The lowest BCUT2D eigenvalue weighted by molar-refractivity contribution is -0.117. The largest absolute Gasteiger partial charge is 0.488 e. The summed E-state index contributed by atoms with van der Waals surface area (Å²) in [5.74, 6) is -0.188. The van der Waals surface area contributed by atoms with Gasteiger partial charge in [0.2, 0.25) is 0 Å². The molecule has 0 spiro atoms. The molecule has 4 aromatic rings. The van der Waals surface area contributed by atoms with Crippen LogP contribution in [0.4, 0.5) is 4.39 Å². The summed E-state index contributed by atoms with van der Waals surface area (Å²) in [6.45, 7) is 0.698. The lowest BCUT2D eigenvalue weighted by Gasteiger charge is -2.13. The third kappa shape index (κ3) is 6.33. The fourth-order valence-electron chi connectivity index (χ4n) is 3.82. The SMILES string of the molecule is N#C/C(=C/c1c(OCc2ccc(F)cc2)ccc2ccccc12)C(=O)NCCCc1ccccc1. The summed E-state index contributed by atoms with van der Waals surface area (Å²) in [6, 6.07) is 29.7. The van der Waals surface area contributed by atoms with Gasteiger partial charge in [-0.1, -0.05) is 72.8 Å². The average Bonchev–Trinajstić information content (AvgIpc) is 2.90. The summed E-state index contributed by atoms with van der Waals surface area (Å²) >= 11 is 0. The number of ether oxygens (including phenoxy) is 1. The second-order valence-electron chi connectivity index (χ2n) is 8.13. The van der Waals surface area contributed by atoms with Gasteiger partial charge in [0, 0.05) is 12.1 Å². The van der Waals surface area contributed by atoms with Crippen LogP contribution in [0.15, 0.2) is 96.6 Å². The Labute approximate surface area is 204 Å². The first-order valence-corrected chi connectivity index (χ1v) is 11.5. The second-order valence-corrected chi connectivity index (χ2v) is 8.13. The Hall–Kier alpha value is -4.43. The number of nitrogens with one attached hydrogen (secondary N) is 1. The molecule has 0 saturated heterocycles. The van der Waals surface area contributed by atoms with E-state index in [1.54, 1.807) is 18.2 Å². The van der Waals surface area contributed by atoms with Gasteiger partial charge in [-0.25, -0.2) is 4.39 Å². The quantitative estimate of drug-likeness (QED) is 0.182. The number of benzene rings is 4. The van der Waals surface area contributed by atoms with E-state index in [1.807, 2.05) is 60.7 Å². The molecular weight excluding hydrogens is 439 g/mol. The number of hydrogen-bond donors (Lipinski definition) is 1. The molecule has 0 bridgehead atoms. The summed E-state index contributed by atoms with van der Waals surface area (Å²) in [5.41, 5.74) is 2.68. The Morgan fingerprint density at radius 1 is 0.914 bits per heavy atom. The standard InChI is InChI=1S/C30H25FN2O2/c31-26-15-12-23(13-16-26)21-35-29-17-14-24-10-4-5-11-27(24)28(29)19-25(20-32)30(34)33-18-6-9-22-7-2-1-3-8-22/h1-5,7-8,10-17,19H,6,9,18,21H2,(H,33,34)/b25-19-. The van der Waals surface area contributed by atoms with Gasteiger partial charge in [-0.2, -0.15) is 5.26 Å². The predicted octanol–water partition coefficient (Wildman–Crippen LogP) is 6.21. The third-order valence-corrected chi connectivity index (χ3v) is 5.66. The second kappa shape index (κ2) is 11.6. The summed E-state index contributed by atoms with van der Waals surface area (Å²) in [7, 11) is 0. The van der Waals surface area contributed by atoms with Crippen LogP contribution < -0.4 is 10.1 Å². The van der Waals surface area contributed by atoms with Crippen molar-refractivity contribution in [1.29, 1.82) is 5.26 Å². The molecule has 0 aliphatic heterocycles. The fourth-order valence-corrected chi connectivity index (χ4v) is 3.82. The Morgan fingerprint density at radius 2 is 1.66 bits per heavy atom. The maximum atomic E-state index is 13.2. The number of halogens is 1. The zero-order chi connectivity index (χ0) is 24.5. The number of carbonyl (C=O) groups is 1. The summed E-state index contributed by atoms with van der Waals surface area (Å²) < 4.78 is 19.3. The van der Waals surface area contributed by atoms with Crippen molar-refractivity contribution in [3.63, 3.8) is 0 Å². The minimum absolute atomic E-state index is 0.00713. The van der Waals surface area contributed by atoms with Gasteiger partial charge in [-0.05, 0) is 59.0 Å². The van der Waals surface area contributed by atoms with E-state index in [0.29, 0.717) is 17.9 Å². The van der Waals surface area contributed by atoms with Crippen LogP contribution in [0.2, 0.25) is 0 Å². The molecule has 0 atom stereocenters. The highest BCUT2D eigenvalue weighted by Gasteiger charge is 2.13. The summed E-state index contributed by atoms with van der Waals surface area (Å²) in [5, 5.41) is 14.4. The highest BCUT2D eigenvalue weighted by atomic mass is 19.1. The van der Waals surface area contributed by atoms with Crippen LogP contribution in [0, 0.1) is 17.1 Å². The molecule has 4 aromatic carbocycles. The Kier molecular flexibility index (Phi) is 7.88. The van der Waals surface area contributed by atoms with Crippen molar-refractivity contribution in [2.24, 2.45) is 0 Å².